The fraction of sp³-hybridized carbons (Fsp3) is 0.667. The molecule has 4 nitrogen and oxygen atoms in total. The predicted molar refractivity (Wildman–Crippen MR) is 92.6 cm³/mol. The number of amides is 2. The van der Waals surface area contributed by atoms with Crippen molar-refractivity contribution < 1.29 is 9.59 Å². The molecular formula is C18H26N2O2S. The lowest BCUT2D eigenvalue weighted by molar-refractivity contribution is -0.137. The van der Waals surface area contributed by atoms with E-state index >= 15 is 0 Å². The van der Waals surface area contributed by atoms with E-state index < -0.39 is 0 Å². The Hall–Kier alpha value is -1.36. The summed E-state index contributed by atoms with van der Waals surface area (Å²) >= 11 is 1.44. The van der Waals surface area contributed by atoms with Gasteiger partial charge < -0.3 is 10.2 Å². The Balaban J connectivity index is 1.41. The number of hydrogen-bond donors (Lipinski definition) is 1. The van der Waals surface area contributed by atoms with Crippen LogP contribution >= 0.6 is 11.3 Å². The first-order valence-corrected chi connectivity index (χ1v) is 9.75. The van der Waals surface area contributed by atoms with Crippen LogP contribution in [0.3, 0.4) is 0 Å². The molecule has 2 unspecified atom stereocenters. The molecule has 3 rings (SSSR count). The number of fused-ring (bicyclic) bond motifs is 1. The van der Waals surface area contributed by atoms with Crippen LogP contribution in [0.2, 0.25) is 0 Å². The summed E-state index contributed by atoms with van der Waals surface area (Å²) in [5.74, 6) is 0.990. The second kappa shape index (κ2) is 7.95. The number of nitrogens with one attached hydrogen (secondary N) is 1. The molecule has 1 saturated heterocycles. The van der Waals surface area contributed by atoms with Gasteiger partial charge in [-0.05, 0) is 49.5 Å². The number of nitrogens with zero attached hydrogens (tertiary/aromatic N) is 1. The molecule has 1 saturated carbocycles. The molecular weight excluding hydrogens is 308 g/mol. The van der Waals surface area contributed by atoms with Gasteiger partial charge in [0.05, 0.1) is 4.88 Å². The molecule has 23 heavy (non-hydrogen) atoms. The molecule has 1 aromatic heterocycles. The molecule has 2 fully saturated rings. The van der Waals surface area contributed by atoms with E-state index in [4.69, 9.17) is 0 Å². The Kier molecular flexibility index (Phi) is 5.70. The molecule has 2 amide bonds. The number of likely N-dealkylation sites (tertiary alicyclic amines) is 1. The third-order valence-corrected chi connectivity index (χ3v) is 6.03. The maximum absolute atomic E-state index is 12.5. The van der Waals surface area contributed by atoms with Crippen LogP contribution in [-0.4, -0.2) is 35.8 Å². The third kappa shape index (κ3) is 4.14. The molecule has 0 spiro atoms. The second-order valence-electron chi connectivity index (χ2n) is 6.68. The Morgan fingerprint density at radius 1 is 1.22 bits per heavy atom. The summed E-state index contributed by atoms with van der Waals surface area (Å²) in [5, 5.41) is 4.80. The first kappa shape index (κ1) is 16.5. The summed E-state index contributed by atoms with van der Waals surface area (Å²) < 4.78 is 0. The van der Waals surface area contributed by atoms with Crippen LogP contribution in [0.15, 0.2) is 17.5 Å². The fourth-order valence-corrected chi connectivity index (χ4v) is 4.65. The van der Waals surface area contributed by atoms with E-state index in [1.807, 2.05) is 17.5 Å². The zero-order valence-corrected chi connectivity index (χ0v) is 14.4. The minimum Gasteiger partial charge on any atom is -0.351 e. The molecule has 1 N–H and O–H groups in total. The summed E-state index contributed by atoms with van der Waals surface area (Å²) in [5.41, 5.74) is 0. The summed E-state index contributed by atoms with van der Waals surface area (Å²) in [4.78, 5) is 27.3. The molecule has 2 atom stereocenters. The summed E-state index contributed by atoms with van der Waals surface area (Å²) in [7, 11) is 0. The molecule has 0 bridgehead atoms. The summed E-state index contributed by atoms with van der Waals surface area (Å²) in [6.45, 7) is 1.51. The van der Waals surface area contributed by atoms with Crippen LogP contribution in [0.5, 0.6) is 0 Å². The minimum atomic E-state index is -0.0298. The molecule has 1 aromatic rings. The Labute approximate surface area is 142 Å². The SMILES string of the molecule is O=C(NCCCC(=O)N1CCCC2CCCCC21)c1cccs1. The van der Waals surface area contributed by atoms with Crippen molar-refractivity contribution in [1.29, 1.82) is 0 Å². The van der Waals surface area contributed by atoms with Gasteiger partial charge in [-0.1, -0.05) is 18.9 Å². The van der Waals surface area contributed by atoms with E-state index in [2.05, 4.69) is 10.2 Å². The van der Waals surface area contributed by atoms with Gasteiger partial charge in [0.15, 0.2) is 0 Å². The number of thiophene rings is 1. The fourth-order valence-electron chi connectivity index (χ4n) is 4.01. The van der Waals surface area contributed by atoms with Crippen LogP contribution < -0.4 is 5.32 Å². The smallest absolute Gasteiger partial charge is 0.261 e. The maximum Gasteiger partial charge on any atom is 0.261 e. The van der Waals surface area contributed by atoms with Crippen LogP contribution in [0.4, 0.5) is 0 Å². The highest BCUT2D eigenvalue weighted by molar-refractivity contribution is 7.12. The first-order valence-electron chi connectivity index (χ1n) is 8.87. The molecule has 0 aromatic carbocycles. The molecule has 5 heteroatoms. The van der Waals surface area contributed by atoms with Gasteiger partial charge in [0, 0.05) is 25.6 Å². The zero-order chi connectivity index (χ0) is 16.1. The van der Waals surface area contributed by atoms with Crippen molar-refractivity contribution in [2.45, 2.75) is 57.4 Å². The van der Waals surface area contributed by atoms with Gasteiger partial charge >= 0.3 is 0 Å². The number of rotatable bonds is 5. The van der Waals surface area contributed by atoms with Gasteiger partial charge in [0.1, 0.15) is 0 Å². The van der Waals surface area contributed by atoms with E-state index in [0.29, 0.717) is 19.0 Å². The van der Waals surface area contributed by atoms with E-state index in [9.17, 15) is 9.59 Å². The maximum atomic E-state index is 12.5. The quantitative estimate of drug-likeness (QED) is 0.839. The van der Waals surface area contributed by atoms with Crippen molar-refractivity contribution in [3.05, 3.63) is 22.4 Å². The Bertz CT molecular complexity index is 527. The summed E-state index contributed by atoms with van der Waals surface area (Å²) in [6.07, 6.45) is 8.81. The highest BCUT2D eigenvalue weighted by Gasteiger charge is 2.35. The molecule has 0 radical (unpaired) electrons. The number of carbonyl (C=O) groups is 2. The molecule has 1 aliphatic heterocycles. The highest BCUT2D eigenvalue weighted by atomic mass is 32.1. The van der Waals surface area contributed by atoms with Crippen molar-refractivity contribution in [2.24, 2.45) is 5.92 Å². The number of piperidine rings is 1. The van der Waals surface area contributed by atoms with Crippen molar-refractivity contribution in [1.82, 2.24) is 10.2 Å². The molecule has 1 aliphatic carbocycles. The first-order chi connectivity index (χ1) is 11.3. The number of hydrogen-bond acceptors (Lipinski definition) is 3. The van der Waals surface area contributed by atoms with Gasteiger partial charge in [-0.25, -0.2) is 0 Å². The average Bonchev–Trinajstić information content (AvgIpc) is 3.12. The molecule has 2 heterocycles. The van der Waals surface area contributed by atoms with E-state index in [0.717, 1.165) is 30.2 Å². The highest BCUT2D eigenvalue weighted by Crippen LogP contribution is 2.35. The van der Waals surface area contributed by atoms with Crippen molar-refractivity contribution in [3.8, 4) is 0 Å². The second-order valence-corrected chi connectivity index (χ2v) is 7.63. The van der Waals surface area contributed by atoms with E-state index in [1.54, 1.807) is 0 Å². The van der Waals surface area contributed by atoms with Gasteiger partial charge in [-0.15, -0.1) is 11.3 Å². The lowest BCUT2D eigenvalue weighted by atomic mass is 9.78. The standard InChI is InChI=1S/C18H26N2O2S/c21-17(10-3-11-19-18(22)16-9-5-13-23-16)20-12-4-7-14-6-1-2-8-15(14)20/h5,9,13-15H,1-4,6-8,10-12H2,(H,19,22). The lowest BCUT2D eigenvalue weighted by Crippen LogP contribution is -2.49. The lowest BCUT2D eigenvalue weighted by Gasteiger charge is -2.44. The third-order valence-electron chi connectivity index (χ3n) is 5.16. The molecule has 126 valence electrons. The molecule has 2 aliphatic rings. The van der Waals surface area contributed by atoms with Crippen LogP contribution in [0.1, 0.15) is 61.0 Å². The van der Waals surface area contributed by atoms with Crippen LogP contribution in [0.25, 0.3) is 0 Å². The Morgan fingerprint density at radius 2 is 2.04 bits per heavy atom. The zero-order valence-electron chi connectivity index (χ0n) is 13.6. The average molecular weight is 334 g/mol. The number of carbonyl (C=O) groups excluding carboxylic acids is 2. The van der Waals surface area contributed by atoms with Crippen molar-refractivity contribution in [3.63, 3.8) is 0 Å². The van der Waals surface area contributed by atoms with Gasteiger partial charge in [0.2, 0.25) is 5.91 Å². The predicted octanol–water partition coefficient (Wildman–Crippen LogP) is 3.44. The largest absolute Gasteiger partial charge is 0.351 e. The topological polar surface area (TPSA) is 49.4 Å². The van der Waals surface area contributed by atoms with Crippen molar-refractivity contribution >= 4 is 23.2 Å². The normalized spacial score (nSPS) is 24.1. The van der Waals surface area contributed by atoms with Gasteiger partial charge in [-0.3, -0.25) is 9.59 Å². The summed E-state index contributed by atoms with van der Waals surface area (Å²) in [6, 6.07) is 4.19. The van der Waals surface area contributed by atoms with Crippen LogP contribution in [-0.2, 0) is 4.79 Å². The van der Waals surface area contributed by atoms with Gasteiger partial charge in [0.25, 0.3) is 5.91 Å². The van der Waals surface area contributed by atoms with Gasteiger partial charge in [-0.2, -0.15) is 0 Å². The van der Waals surface area contributed by atoms with E-state index in [-0.39, 0.29) is 11.8 Å². The van der Waals surface area contributed by atoms with Crippen molar-refractivity contribution in [2.75, 3.05) is 13.1 Å². The van der Waals surface area contributed by atoms with Crippen LogP contribution in [0, 0.1) is 5.92 Å². The monoisotopic (exact) mass is 334 g/mol. The van der Waals surface area contributed by atoms with E-state index in [1.165, 1.54) is 43.4 Å². The Morgan fingerprint density at radius 3 is 2.87 bits per heavy atom. The minimum absolute atomic E-state index is 0.0298.